The number of aromatic hydroxyl groups is 1. The molecule has 142 valence electrons. The van der Waals surface area contributed by atoms with Gasteiger partial charge in [0.2, 0.25) is 0 Å². The number of ether oxygens (including phenoxy) is 1. The fraction of sp³-hybridized carbons (Fsp3) is 0.100. The largest absolute Gasteiger partial charge is 0.502 e. The van der Waals surface area contributed by atoms with Crippen molar-refractivity contribution in [3.8, 4) is 22.8 Å². The van der Waals surface area contributed by atoms with Gasteiger partial charge in [-0.1, -0.05) is 11.3 Å². The first kappa shape index (κ1) is 18.1. The van der Waals surface area contributed by atoms with Crippen molar-refractivity contribution in [3.63, 3.8) is 0 Å². The van der Waals surface area contributed by atoms with Gasteiger partial charge in [0.05, 0.1) is 17.3 Å². The third-order valence-corrected chi connectivity index (χ3v) is 5.31. The molecular formula is C20H14F2N2O3S. The van der Waals surface area contributed by atoms with Crippen LogP contribution in [-0.2, 0) is 0 Å². The summed E-state index contributed by atoms with van der Waals surface area (Å²) in [4.78, 5) is 17.6. The van der Waals surface area contributed by atoms with E-state index >= 15 is 0 Å². The van der Waals surface area contributed by atoms with Gasteiger partial charge >= 0.3 is 0 Å². The molecule has 8 heteroatoms. The molecule has 0 bridgehead atoms. The lowest BCUT2D eigenvalue weighted by atomic mass is 10.1. The molecule has 0 unspecified atom stereocenters. The van der Waals surface area contributed by atoms with Crippen LogP contribution in [0.5, 0.6) is 11.5 Å². The molecule has 0 aliphatic carbocycles. The van der Waals surface area contributed by atoms with Crippen LogP contribution < -0.4 is 14.8 Å². The molecule has 0 radical (unpaired) electrons. The Hall–Kier alpha value is -3.26. The summed E-state index contributed by atoms with van der Waals surface area (Å²) in [5.74, 6) is -1.74. The maximum absolute atomic E-state index is 13.8. The van der Waals surface area contributed by atoms with Crippen molar-refractivity contribution in [1.82, 2.24) is 9.38 Å². The predicted molar refractivity (Wildman–Crippen MR) is 103 cm³/mol. The van der Waals surface area contributed by atoms with Crippen molar-refractivity contribution in [1.29, 1.82) is 0 Å². The number of benzene rings is 2. The van der Waals surface area contributed by atoms with Gasteiger partial charge in [-0.05, 0) is 54.5 Å². The standard InChI is InChI=1S/C20H14F2N2O3S/c1-10-5-12(3-4-13(10)21)15-9-24-19(26)17(28-20(24)23-15)8-11-6-14(22)18(25)16(7-11)27-2/h3-9,25H,1-2H3/b17-8-. The molecule has 0 spiro atoms. The van der Waals surface area contributed by atoms with Crippen LogP contribution in [0, 0.1) is 18.6 Å². The molecule has 0 fully saturated rings. The highest BCUT2D eigenvalue weighted by molar-refractivity contribution is 7.15. The smallest absolute Gasteiger partial charge is 0.274 e. The normalized spacial score (nSPS) is 12.1. The molecule has 4 aromatic rings. The number of aromatic nitrogens is 2. The second-order valence-electron chi connectivity index (χ2n) is 6.21. The molecule has 0 amide bonds. The average Bonchev–Trinajstić information content (AvgIpc) is 3.20. The van der Waals surface area contributed by atoms with Crippen LogP contribution in [0.4, 0.5) is 8.78 Å². The van der Waals surface area contributed by atoms with Gasteiger partial charge in [-0.15, -0.1) is 0 Å². The molecule has 0 saturated carbocycles. The number of nitrogens with zero attached hydrogens (tertiary/aromatic N) is 2. The zero-order valence-corrected chi connectivity index (χ0v) is 15.7. The molecule has 0 aliphatic rings. The first-order chi connectivity index (χ1) is 13.4. The molecule has 0 saturated heterocycles. The van der Waals surface area contributed by atoms with Gasteiger partial charge in [0.1, 0.15) is 5.82 Å². The summed E-state index contributed by atoms with van der Waals surface area (Å²) in [5.41, 5.74) is 1.85. The van der Waals surface area contributed by atoms with Gasteiger partial charge in [-0.3, -0.25) is 9.20 Å². The minimum Gasteiger partial charge on any atom is -0.502 e. The molecule has 5 nitrogen and oxygen atoms in total. The quantitative estimate of drug-likeness (QED) is 0.573. The highest BCUT2D eigenvalue weighted by Crippen LogP contribution is 2.30. The van der Waals surface area contributed by atoms with Gasteiger partial charge in [-0.25, -0.2) is 13.8 Å². The number of phenolic OH excluding ortho intramolecular Hbond substituents is 1. The molecule has 4 rings (SSSR count). The van der Waals surface area contributed by atoms with E-state index in [0.29, 0.717) is 31.9 Å². The summed E-state index contributed by atoms with van der Waals surface area (Å²) in [6, 6.07) is 7.20. The molecule has 0 aliphatic heterocycles. The Balaban J connectivity index is 1.80. The summed E-state index contributed by atoms with van der Waals surface area (Å²) < 4.78 is 34.0. The van der Waals surface area contributed by atoms with Crippen molar-refractivity contribution >= 4 is 22.4 Å². The van der Waals surface area contributed by atoms with Crippen molar-refractivity contribution < 1.29 is 18.6 Å². The zero-order chi connectivity index (χ0) is 20.0. The Kier molecular flexibility index (Phi) is 4.35. The fourth-order valence-corrected chi connectivity index (χ4v) is 3.82. The molecule has 2 aromatic carbocycles. The number of methoxy groups -OCH3 is 1. The van der Waals surface area contributed by atoms with Crippen molar-refractivity contribution in [3.05, 3.63) is 74.2 Å². The molecule has 2 heterocycles. The van der Waals surface area contributed by atoms with E-state index < -0.39 is 11.6 Å². The Morgan fingerprint density at radius 2 is 2.00 bits per heavy atom. The third kappa shape index (κ3) is 3.01. The van der Waals surface area contributed by atoms with E-state index in [9.17, 15) is 18.7 Å². The van der Waals surface area contributed by atoms with Gasteiger partial charge < -0.3 is 9.84 Å². The Morgan fingerprint density at radius 1 is 1.21 bits per heavy atom. The van der Waals surface area contributed by atoms with Crippen molar-refractivity contribution in [2.24, 2.45) is 0 Å². The van der Waals surface area contributed by atoms with E-state index in [4.69, 9.17) is 4.74 Å². The number of hydrogen-bond acceptors (Lipinski definition) is 5. The predicted octanol–water partition coefficient (Wildman–Crippen LogP) is 3.27. The highest BCUT2D eigenvalue weighted by Gasteiger charge is 2.13. The number of imidazole rings is 1. The van der Waals surface area contributed by atoms with Gasteiger partial charge in [0.15, 0.2) is 22.3 Å². The minimum absolute atomic E-state index is 0.0194. The molecule has 28 heavy (non-hydrogen) atoms. The first-order valence-corrected chi connectivity index (χ1v) is 9.05. The third-order valence-electron chi connectivity index (χ3n) is 4.33. The van der Waals surface area contributed by atoms with Crippen LogP contribution >= 0.6 is 11.3 Å². The Labute approximate surface area is 161 Å². The van der Waals surface area contributed by atoms with Crippen LogP contribution in [-0.4, -0.2) is 21.6 Å². The fourth-order valence-electron chi connectivity index (χ4n) is 2.86. The lowest BCUT2D eigenvalue weighted by Gasteiger charge is -2.04. The lowest BCUT2D eigenvalue weighted by Crippen LogP contribution is -2.22. The molecule has 2 aromatic heterocycles. The number of hydrogen-bond donors (Lipinski definition) is 1. The SMILES string of the molecule is COc1cc(/C=c2\sc3nc(-c4ccc(F)c(C)c4)cn3c2=O)cc(F)c1O. The van der Waals surface area contributed by atoms with E-state index in [0.717, 1.165) is 17.4 Å². The van der Waals surface area contributed by atoms with E-state index in [2.05, 4.69) is 4.98 Å². The number of aryl methyl sites for hydroxylation is 1. The molecule has 0 atom stereocenters. The average molecular weight is 400 g/mol. The maximum atomic E-state index is 13.8. The second-order valence-corrected chi connectivity index (χ2v) is 7.22. The summed E-state index contributed by atoms with van der Waals surface area (Å²) in [7, 11) is 1.31. The van der Waals surface area contributed by atoms with E-state index in [-0.39, 0.29) is 17.1 Å². The number of phenols is 1. The number of rotatable bonds is 3. The van der Waals surface area contributed by atoms with Gasteiger partial charge in [0.25, 0.3) is 5.56 Å². The maximum Gasteiger partial charge on any atom is 0.274 e. The molecule has 1 N–H and O–H groups in total. The highest BCUT2D eigenvalue weighted by atomic mass is 32.1. The summed E-state index contributed by atoms with van der Waals surface area (Å²) >= 11 is 1.15. The van der Waals surface area contributed by atoms with Gasteiger partial charge in [-0.2, -0.15) is 0 Å². The van der Waals surface area contributed by atoms with Crippen LogP contribution in [0.25, 0.3) is 22.3 Å². The van der Waals surface area contributed by atoms with Crippen LogP contribution in [0.15, 0.2) is 41.3 Å². The lowest BCUT2D eigenvalue weighted by molar-refractivity contribution is 0.357. The van der Waals surface area contributed by atoms with E-state index in [1.165, 1.54) is 29.7 Å². The first-order valence-electron chi connectivity index (χ1n) is 8.24. The van der Waals surface area contributed by atoms with Crippen LogP contribution in [0.3, 0.4) is 0 Å². The van der Waals surface area contributed by atoms with Crippen LogP contribution in [0.1, 0.15) is 11.1 Å². The van der Waals surface area contributed by atoms with Crippen LogP contribution in [0.2, 0.25) is 0 Å². The van der Waals surface area contributed by atoms with E-state index in [1.807, 2.05) is 0 Å². The number of fused-ring (bicyclic) bond motifs is 1. The van der Waals surface area contributed by atoms with E-state index in [1.54, 1.807) is 25.3 Å². The topological polar surface area (TPSA) is 63.8 Å². The van der Waals surface area contributed by atoms with Crippen molar-refractivity contribution in [2.75, 3.05) is 7.11 Å². The number of thiazole rings is 1. The van der Waals surface area contributed by atoms with Gasteiger partial charge in [0, 0.05) is 11.8 Å². The summed E-state index contributed by atoms with van der Waals surface area (Å²) in [6.45, 7) is 1.66. The molecular weight excluding hydrogens is 386 g/mol. The monoisotopic (exact) mass is 400 g/mol. The number of halogens is 2. The summed E-state index contributed by atoms with van der Waals surface area (Å²) in [5, 5.41) is 9.59. The second kappa shape index (κ2) is 6.72. The minimum atomic E-state index is -0.839. The van der Waals surface area contributed by atoms with Crippen molar-refractivity contribution in [2.45, 2.75) is 6.92 Å². The Morgan fingerprint density at radius 3 is 2.68 bits per heavy atom. The summed E-state index contributed by atoms with van der Waals surface area (Å²) in [6.07, 6.45) is 3.10. The Bertz CT molecular complexity index is 1330. The zero-order valence-electron chi connectivity index (χ0n) is 14.9.